The molecule has 3 nitrogen and oxygen atoms in total. The largest absolute Gasteiger partial charge is 0.311 e. The minimum atomic E-state index is 0.0523. The number of para-hydroxylation sites is 2. The number of hydrogen-bond donors (Lipinski definition) is 0. The highest BCUT2D eigenvalue weighted by atomic mass is 15.2. The first kappa shape index (κ1) is 51.7. The number of fused-ring (bicyclic) bond motifs is 10. The molecule has 0 amide bonds. The summed E-state index contributed by atoms with van der Waals surface area (Å²) in [5, 5.41) is 0. The van der Waals surface area contributed by atoms with Gasteiger partial charge in [-0.15, -0.1) is 0 Å². The van der Waals surface area contributed by atoms with Crippen LogP contribution in [0.25, 0.3) is 33.4 Å². The van der Waals surface area contributed by atoms with Gasteiger partial charge in [-0.3, -0.25) is 0 Å². The molecule has 0 aliphatic heterocycles. The van der Waals surface area contributed by atoms with Gasteiger partial charge < -0.3 is 14.7 Å². The Morgan fingerprint density at radius 1 is 0.221 bits per heavy atom. The predicted molar refractivity (Wildman–Crippen MR) is 359 cm³/mol. The minimum Gasteiger partial charge on any atom is -0.311 e. The highest BCUT2D eigenvalue weighted by Gasteiger charge is 2.46. The summed E-state index contributed by atoms with van der Waals surface area (Å²) in [6.45, 7) is 0. The summed E-state index contributed by atoms with van der Waals surface area (Å²) in [6, 6.07) is 113. The first-order chi connectivity index (χ1) is 42.6. The molecule has 0 radical (unpaired) electrons. The minimum absolute atomic E-state index is 0.0523. The topological polar surface area (TPSA) is 9.72 Å². The Morgan fingerprint density at radius 2 is 0.488 bits per heavy atom. The van der Waals surface area contributed by atoms with Crippen molar-refractivity contribution in [2.75, 3.05) is 14.7 Å². The molecule has 86 heavy (non-hydrogen) atoms. The van der Waals surface area contributed by atoms with Crippen molar-refractivity contribution in [2.45, 2.75) is 68.1 Å². The van der Waals surface area contributed by atoms with Gasteiger partial charge in [0, 0.05) is 67.9 Å². The summed E-state index contributed by atoms with van der Waals surface area (Å²) in [7, 11) is 0. The molecule has 414 valence electrons. The quantitative estimate of drug-likeness (QED) is 0.107. The lowest BCUT2D eigenvalue weighted by molar-refractivity contribution is 0.550. The van der Waals surface area contributed by atoms with Gasteiger partial charge >= 0.3 is 0 Å². The lowest BCUT2D eigenvalue weighted by Gasteiger charge is -2.31. The average molecular weight is 1110 g/mol. The van der Waals surface area contributed by atoms with Crippen molar-refractivity contribution in [3.05, 3.63) is 342 Å². The molecule has 4 aliphatic carbocycles. The van der Waals surface area contributed by atoms with Crippen LogP contribution in [0.4, 0.5) is 51.2 Å². The lowest BCUT2D eigenvalue weighted by atomic mass is 9.76. The molecule has 0 saturated heterocycles. The van der Waals surface area contributed by atoms with Gasteiger partial charge in [-0.05, 0) is 207 Å². The standard InChI is InChI=1S/C83H67N3/c1-5-21-61(22-6-1)81(62-23-7-2-8-24-62)63-37-43-68(44-38-63)85(71-49-51-75-73-29-13-15-31-77(73)82(79(75)57-71)53-17-18-54-82)66-39-33-59(34-40-66)60-35-41-67(42-36-60)86(72-50-52-76-74-30-14-16-32-78(74)83(80(76)58-72)55-19-20-56-83)70-47-45-69(46-48-70)84(64-25-9-3-10-26-64)65-27-11-4-12-28-65/h1-16,21-52,57-58,81H,17-20,53-56H2. The monoisotopic (exact) mass is 1110 g/mol. The van der Waals surface area contributed by atoms with E-state index in [1.165, 1.54) is 135 Å². The molecular weight excluding hydrogens is 1040 g/mol. The molecule has 0 bridgehead atoms. The van der Waals surface area contributed by atoms with Gasteiger partial charge in [-0.25, -0.2) is 0 Å². The Kier molecular flexibility index (Phi) is 13.0. The number of nitrogens with zero attached hydrogens (tertiary/aromatic N) is 3. The fourth-order valence-electron chi connectivity index (χ4n) is 15.7. The second kappa shape index (κ2) is 21.6. The third-order valence-electron chi connectivity index (χ3n) is 19.7. The molecule has 0 N–H and O–H groups in total. The first-order valence-corrected chi connectivity index (χ1v) is 31.1. The molecule has 0 heterocycles. The maximum Gasteiger partial charge on any atom is 0.0465 e. The van der Waals surface area contributed by atoms with Crippen molar-refractivity contribution < 1.29 is 0 Å². The van der Waals surface area contributed by atoms with Crippen molar-refractivity contribution in [2.24, 2.45) is 0 Å². The van der Waals surface area contributed by atoms with Gasteiger partial charge in [0.2, 0.25) is 0 Å². The van der Waals surface area contributed by atoms with E-state index < -0.39 is 0 Å². The van der Waals surface area contributed by atoms with Crippen molar-refractivity contribution in [1.29, 1.82) is 0 Å². The zero-order chi connectivity index (χ0) is 57.0. The molecule has 0 atom stereocenters. The Hall–Kier alpha value is -9.96. The number of anilines is 9. The normalized spacial score (nSPS) is 14.7. The van der Waals surface area contributed by atoms with Crippen molar-refractivity contribution in [1.82, 2.24) is 0 Å². The molecule has 2 fully saturated rings. The molecule has 0 aromatic heterocycles. The molecule has 0 unspecified atom stereocenters. The number of benzene rings is 12. The highest BCUT2D eigenvalue weighted by molar-refractivity contribution is 5.89. The maximum atomic E-state index is 2.53. The van der Waals surface area contributed by atoms with Crippen LogP contribution in [0.3, 0.4) is 0 Å². The summed E-state index contributed by atoms with van der Waals surface area (Å²) < 4.78 is 0. The maximum absolute atomic E-state index is 2.53. The van der Waals surface area contributed by atoms with E-state index in [-0.39, 0.29) is 16.7 Å². The number of hydrogen-bond acceptors (Lipinski definition) is 3. The second-order valence-electron chi connectivity index (χ2n) is 24.3. The molecule has 3 heteroatoms. The van der Waals surface area contributed by atoms with Gasteiger partial charge in [0.05, 0.1) is 0 Å². The molecule has 4 aliphatic rings. The van der Waals surface area contributed by atoms with Crippen LogP contribution in [0, 0.1) is 0 Å². The SMILES string of the molecule is c1ccc(C(c2ccccc2)c2ccc(N(c3ccc(-c4ccc(N(c5ccc(N(c6ccccc6)c6ccccc6)cc5)c5ccc6c(c5)C5(CCCC5)c5ccccc5-6)cc4)cc3)c3ccc4c(c3)C3(CCCC3)c3ccccc3-4)cc2)cc1. The Balaban J connectivity index is 0.769. The molecule has 2 spiro atoms. The van der Waals surface area contributed by atoms with E-state index >= 15 is 0 Å². The summed E-state index contributed by atoms with van der Waals surface area (Å²) in [5.74, 6) is 0.116. The number of rotatable bonds is 13. The molecule has 12 aromatic rings. The van der Waals surface area contributed by atoms with Crippen LogP contribution in [-0.4, -0.2) is 0 Å². The fraction of sp³-hybridized carbons (Fsp3) is 0.133. The Morgan fingerprint density at radius 3 is 0.872 bits per heavy atom. The van der Waals surface area contributed by atoms with Gasteiger partial charge in [0.15, 0.2) is 0 Å². The van der Waals surface area contributed by atoms with Crippen LogP contribution in [0.1, 0.15) is 96.2 Å². The van der Waals surface area contributed by atoms with Gasteiger partial charge in [0.25, 0.3) is 0 Å². The van der Waals surface area contributed by atoms with Crippen molar-refractivity contribution in [3.63, 3.8) is 0 Å². The smallest absolute Gasteiger partial charge is 0.0465 e. The fourth-order valence-corrected chi connectivity index (χ4v) is 15.7. The highest BCUT2D eigenvalue weighted by Crippen LogP contribution is 2.60. The van der Waals surface area contributed by atoms with Crippen LogP contribution >= 0.6 is 0 Å². The third-order valence-corrected chi connectivity index (χ3v) is 19.7. The van der Waals surface area contributed by atoms with Crippen molar-refractivity contribution in [3.8, 4) is 33.4 Å². The van der Waals surface area contributed by atoms with Crippen LogP contribution in [0.5, 0.6) is 0 Å². The van der Waals surface area contributed by atoms with E-state index in [0.717, 1.165) is 39.8 Å². The molecule has 2 saturated carbocycles. The molecule has 12 aromatic carbocycles. The lowest BCUT2D eigenvalue weighted by Crippen LogP contribution is -2.21. The molecule has 16 rings (SSSR count). The summed E-state index contributed by atoms with van der Waals surface area (Å²) in [6.07, 6.45) is 9.79. The van der Waals surface area contributed by atoms with Crippen LogP contribution in [-0.2, 0) is 10.8 Å². The van der Waals surface area contributed by atoms with Gasteiger partial charge in [-0.1, -0.05) is 220 Å². The van der Waals surface area contributed by atoms with E-state index in [9.17, 15) is 0 Å². The van der Waals surface area contributed by atoms with Crippen molar-refractivity contribution >= 4 is 51.2 Å². The van der Waals surface area contributed by atoms with Crippen LogP contribution in [0.2, 0.25) is 0 Å². The van der Waals surface area contributed by atoms with Gasteiger partial charge in [0.1, 0.15) is 0 Å². The van der Waals surface area contributed by atoms with E-state index in [1.54, 1.807) is 0 Å². The zero-order valence-corrected chi connectivity index (χ0v) is 48.4. The first-order valence-electron chi connectivity index (χ1n) is 31.1. The van der Waals surface area contributed by atoms with E-state index in [0.29, 0.717) is 0 Å². The van der Waals surface area contributed by atoms with Gasteiger partial charge in [-0.2, -0.15) is 0 Å². The van der Waals surface area contributed by atoms with E-state index in [4.69, 9.17) is 0 Å². The van der Waals surface area contributed by atoms with Crippen LogP contribution < -0.4 is 14.7 Å². The summed E-state index contributed by atoms with van der Waals surface area (Å²) >= 11 is 0. The zero-order valence-electron chi connectivity index (χ0n) is 48.4. The van der Waals surface area contributed by atoms with Crippen LogP contribution in [0.15, 0.2) is 303 Å². The second-order valence-corrected chi connectivity index (χ2v) is 24.3. The predicted octanol–water partition coefficient (Wildman–Crippen LogP) is 22.6. The average Bonchev–Trinajstić information content (AvgIpc) is 4.54. The van der Waals surface area contributed by atoms with E-state index in [2.05, 4.69) is 318 Å². The summed E-state index contributed by atoms with van der Waals surface area (Å²) in [4.78, 5) is 7.29. The Bertz CT molecular complexity index is 4010. The molecular formula is C83H67N3. The summed E-state index contributed by atoms with van der Waals surface area (Å²) in [5.41, 5.74) is 28.1. The Labute approximate surface area is 506 Å². The third kappa shape index (κ3) is 8.79. The van der Waals surface area contributed by atoms with E-state index in [1.807, 2.05) is 0 Å².